The third kappa shape index (κ3) is 6.50. The van der Waals surface area contributed by atoms with E-state index in [2.05, 4.69) is 27.7 Å². The Bertz CT molecular complexity index is 133. The second kappa shape index (κ2) is 9.57. The van der Waals surface area contributed by atoms with Crippen molar-refractivity contribution in [1.29, 1.82) is 0 Å². The van der Waals surface area contributed by atoms with Gasteiger partial charge in [-0.15, -0.1) is 0 Å². The first-order valence-electron chi connectivity index (χ1n) is 6.85. The SMILES string of the molecule is CCCCC(C)C(CCCC)C(S)CC. The first-order valence-corrected chi connectivity index (χ1v) is 7.36. The predicted octanol–water partition coefficient (Wildman–Crippen LogP) is 5.33. The molecule has 0 aromatic rings. The molecule has 0 aliphatic rings. The second-order valence-corrected chi connectivity index (χ2v) is 5.56. The Kier molecular flexibility index (Phi) is 9.79. The highest BCUT2D eigenvalue weighted by atomic mass is 32.1. The molecule has 0 amide bonds. The Hall–Kier alpha value is 0.350. The van der Waals surface area contributed by atoms with E-state index in [9.17, 15) is 0 Å². The Morgan fingerprint density at radius 2 is 1.47 bits per heavy atom. The van der Waals surface area contributed by atoms with Crippen LogP contribution in [-0.2, 0) is 0 Å². The second-order valence-electron chi connectivity index (χ2n) is 4.90. The van der Waals surface area contributed by atoms with Crippen LogP contribution in [0.4, 0.5) is 0 Å². The minimum Gasteiger partial charge on any atom is -0.176 e. The number of hydrogen-bond donors (Lipinski definition) is 1. The molecule has 0 aromatic carbocycles. The molecule has 0 spiro atoms. The molecule has 0 aliphatic heterocycles. The van der Waals surface area contributed by atoms with Gasteiger partial charge in [0, 0.05) is 5.25 Å². The Morgan fingerprint density at radius 1 is 0.933 bits per heavy atom. The van der Waals surface area contributed by atoms with Gasteiger partial charge in [-0.1, -0.05) is 59.8 Å². The zero-order chi connectivity index (χ0) is 11.7. The van der Waals surface area contributed by atoms with E-state index in [-0.39, 0.29) is 0 Å². The van der Waals surface area contributed by atoms with Crippen LogP contribution in [0.5, 0.6) is 0 Å². The van der Waals surface area contributed by atoms with E-state index in [4.69, 9.17) is 12.6 Å². The number of rotatable bonds is 9. The number of thiol groups is 1. The van der Waals surface area contributed by atoms with E-state index in [1.54, 1.807) is 0 Å². The Morgan fingerprint density at radius 3 is 1.93 bits per heavy atom. The molecule has 0 aromatic heterocycles. The standard InChI is InChI=1S/C14H30S/c1-5-8-10-12(4)13(11-9-6-2)14(15)7-3/h12-15H,5-11H2,1-4H3. The summed E-state index contributed by atoms with van der Waals surface area (Å²) < 4.78 is 0. The molecule has 0 bridgehead atoms. The molecule has 3 atom stereocenters. The fourth-order valence-corrected chi connectivity index (χ4v) is 2.78. The lowest BCUT2D eigenvalue weighted by Gasteiger charge is -2.28. The van der Waals surface area contributed by atoms with Crippen molar-refractivity contribution in [3.63, 3.8) is 0 Å². The quantitative estimate of drug-likeness (QED) is 0.509. The van der Waals surface area contributed by atoms with Gasteiger partial charge in [-0.05, 0) is 24.7 Å². The van der Waals surface area contributed by atoms with Gasteiger partial charge in [0.25, 0.3) is 0 Å². The van der Waals surface area contributed by atoms with Crippen LogP contribution in [0, 0.1) is 11.8 Å². The summed E-state index contributed by atoms with van der Waals surface area (Å²) in [6, 6.07) is 0. The van der Waals surface area contributed by atoms with Gasteiger partial charge in [0.2, 0.25) is 0 Å². The number of hydrogen-bond acceptors (Lipinski definition) is 1. The maximum Gasteiger partial charge on any atom is 0.00450 e. The van der Waals surface area contributed by atoms with Gasteiger partial charge < -0.3 is 0 Å². The molecule has 0 rings (SSSR count). The first-order chi connectivity index (χ1) is 7.17. The van der Waals surface area contributed by atoms with Crippen molar-refractivity contribution in [3.05, 3.63) is 0 Å². The molecule has 0 heterocycles. The van der Waals surface area contributed by atoms with Crippen molar-refractivity contribution in [1.82, 2.24) is 0 Å². The van der Waals surface area contributed by atoms with E-state index in [1.807, 2.05) is 0 Å². The zero-order valence-corrected chi connectivity index (χ0v) is 12.0. The fraction of sp³-hybridized carbons (Fsp3) is 1.00. The minimum absolute atomic E-state index is 0.614. The highest BCUT2D eigenvalue weighted by Gasteiger charge is 2.22. The molecule has 0 aliphatic carbocycles. The molecule has 92 valence electrons. The molecule has 0 saturated heterocycles. The third-order valence-electron chi connectivity index (χ3n) is 3.55. The van der Waals surface area contributed by atoms with E-state index in [0.29, 0.717) is 5.25 Å². The third-order valence-corrected chi connectivity index (χ3v) is 4.30. The zero-order valence-electron chi connectivity index (χ0n) is 11.1. The summed E-state index contributed by atoms with van der Waals surface area (Å²) >= 11 is 4.76. The van der Waals surface area contributed by atoms with Crippen LogP contribution in [0.25, 0.3) is 0 Å². The monoisotopic (exact) mass is 230 g/mol. The summed E-state index contributed by atoms with van der Waals surface area (Å²) in [7, 11) is 0. The molecule has 0 N–H and O–H groups in total. The maximum atomic E-state index is 4.76. The molecule has 0 fully saturated rings. The average molecular weight is 230 g/mol. The summed E-state index contributed by atoms with van der Waals surface area (Å²) in [5.41, 5.74) is 0. The van der Waals surface area contributed by atoms with Crippen LogP contribution >= 0.6 is 12.6 Å². The van der Waals surface area contributed by atoms with Crippen molar-refractivity contribution >= 4 is 12.6 Å². The fourth-order valence-electron chi connectivity index (χ4n) is 2.34. The summed E-state index contributed by atoms with van der Waals surface area (Å²) in [5, 5.41) is 0.614. The van der Waals surface area contributed by atoms with Crippen LogP contribution in [-0.4, -0.2) is 5.25 Å². The van der Waals surface area contributed by atoms with E-state index in [1.165, 1.54) is 44.9 Å². The average Bonchev–Trinajstić information content (AvgIpc) is 2.26. The van der Waals surface area contributed by atoms with Crippen LogP contribution < -0.4 is 0 Å². The molecule has 15 heavy (non-hydrogen) atoms. The van der Waals surface area contributed by atoms with Crippen LogP contribution in [0.1, 0.15) is 72.6 Å². The molecule has 0 nitrogen and oxygen atoms in total. The summed E-state index contributed by atoms with van der Waals surface area (Å²) in [6.07, 6.45) is 9.39. The van der Waals surface area contributed by atoms with Gasteiger partial charge in [0.1, 0.15) is 0 Å². The van der Waals surface area contributed by atoms with Crippen molar-refractivity contribution in [3.8, 4) is 0 Å². The smallest absolute Gasteiger partial charge is 0.00450 e. The largest absolute Gasteiger partial charge is 0.176 e. The van der Waals surface area contributed by atoms with Gasteiger partial charge in [-0.25, -0.2) is 0 Å². The summed E-state index contributed by atoms with van der Waals surface area (Å²) in [6.45, 7) is 9.26. The Labute approximate surface area is 103 Å². The van der Waals surface area contributed by atoms with Gasteiger partial charge in [-0.3, -0.25) is 0 Å². The lowest BCUT2D eigenvalue weighted by molar-refractivity contribution is 0.293. The minimum atomic E-state index is 0.614. The molecule has 0 radical (unpaired) electrons. The maximum absolute atomic E-state index is 4.76. The molecular weight excluding hydrogens is 200 g/mol. The van der Waals surface area contributed by atoms with E-state index < -0.39 is 0 Å². The molecule has 0 saturated carbocycles. The molecule has 1 heteroatoms. The van der Waals surface area contributed by atoms with Crippen LogP contribution in [0.3, 0.4) is 0 Å². The van der Waals surface area contributed by atoms with Gasteiger partial charge in [-0.2, -0.15) is 12.6 Å². The van der Waals surface area contributed by atoms with Crippen molar-refractivity contribution < 1.29 is 0 Å². The molecule has 3 unspecified atom stereocenters. The lowest BCUT2D eigenvalue weighted by Crippen LogP contribution is -2.22. The van der Waals surface area contributed by atoms with Crippen molar-refractivity contribution in [2.75, 3.05) is 0 Å². The Balaban J connectivity index is 4.07. The summed E-state index contributed by atoms with van der Waals surface area (Å²) in [4.78, 5) is 0. The highest BCUT2D eigenvalue weighted by molar-refractivity contribution is 7.81. The van der Waals surface area contributed by atoms with Gasteiger partial charge in [0.15, 0.2) is 0 Å². The molecular formula is C14H30S. The van der Waals surface area contributed by atoms with Gasteiger partial charge in [0.05, 0.1) is 0 Å². The van der Waals surface area contributed by atoms with E-state index in [0.717, 1.165) is 11.8 Å². The summed E-state index contributed by atoms with van der Waals surface area (Å²) in [5.74, 6) is 1.70. The van der Waals surface area contributed by atoms with E-state index >= 15 is 0 Å². The van der Waals surface area contributed by atoms with Crippen LogP contribution in [0.2, 0.25) is 0 Å². The van der Waals surface area contributed by atoms with Crippen molar-refractivity contribution in [2.45, 2.75) is 77.9 Å². The first kappa shape index (κ1) is 15.3. The highest BCUT2D eigenvalue weighted by Crippen LogP contribution is 2.30. The van der Waals surface area contributed by atoms with Gasteiger partial charge >= 0.3 is 0 Å². The number of unbranched alkanes of at least 4 members (excludes halogenated alkanes) is 2. The normalized spacial score (nSPS) is 17.4. The topological polar surface area (TPSA) is 0 Å². The lowest BCUT2D eigenvalue weighted by atomic mass is 9.82. The van der Waals surface area contributed by atoms with Crippen molar-refractivity contribution in [2.24, 2.45) is 11.8 Å². The predicted molar refractivity (Wildman–Crippen MR) is 74.8 cm³/mol. The van der Waals surface area contributed by atoms with Crippen LogP contribution in [0.15, 0.2) is 0 Å².